The minimum absolute atomic E-state index is 0.0858. The van der Waals surface area contributed by atoms with E-state index in [1.165, 1.54) is 24.8 Å². The largest absolute Gasteiger partial charge is 0.396 e. The van der Waals surface area contributed by atoms with Crippen molar-refractivity contribution >= 4 is 11.6 Å². The van der Waals surface area contributed by atoms with Gasteiger partial charge in [-0.2, -0.15) is 0 Å². The van der Waals surface area contributed by atoms with Crippen LogP contribution in [0, 0.1) is 5.41 Å². The Hall–Kier alpha value is -0.570. The van der Waals surface area contributed by atoms with Crippen LogP contribution in [0.3, 0.4) is 0 Å². The Kier molecular flexibility index (Phi) is 5.48. The van der Waals surface area contributed by atoms with Crippen molar-refractivity contribution in [3.8, 4) is 0 Å². The molecule has 2 nitrogen and oxygen atoms in total. The monoisotopic (exact) mass is 295 g/mol. The molecule has 1 aromatic rings. The zero-order chi connectivity index (χ0) is 14.6. The Morgan fingerprint density at radius 2 is 1.90 bits per heavy atom. The van der Waals surface area contributed by atoms with Crippen LogP contribution >= 0.6 is 11.6 Å². The molecule has 0 amide bonds. The predicted octanol–water partition coefficient (Wildman–Crippen LogP) is 4.28. The quantitative estimate of drug-likeness (QED) is 0.876. The standard InChI is InChI=1S/C17H26ClNO/c1-14(15-8-4-5-9-16(15)18)19(2)12-17(13-20)10-6-3-7-11-17/h4-5,8-9,14,20H,3,6-7,10-13H2,1-2H3. The van der Waals surface area contributed by atoms with Crippen LogP contribution in [-0.2, 0) is 0 Å². The number of hydrogen-bond donors (Lipinski definition) is 1. The van der Waals surface area contributed by atoms with Gasteiger partial charge >= 0.3 is 0 Å². The molecular formula is C17H26ClNO. The first-order valence-corrected chi connectivity index (χ1v) is 8.01. The third-order valence-electron chi connectivity index (χ3n) is 4.85. The van der Waals surface area contributed by atoms with Crippen LogP contribution < -0.4 is 0 Å². The molecule has 1 fully saturated rings. The van der Waals surface area contributed by atoms with Gasteiger partial charge in [0, 0.05) is 29.6 Å². The average Bonchev–Trinajstić information content (AvgIpc) is 2.48. The summed E-state index contributed by atoms with van der Waals surface area (Å²) in [6.45, 7) is 3.43. The number of rotatable bonds is 5. The van der Waals surface area contributed by atoms with Crippen molar-refractivity contribution in [1.82, 2.24) is 4.90 Å². The second-order valence-corrected chi connectivity index (χ2v) is 6.74. The number of aliphatic hydroxyl groups excluding tert-OH is 1. The second kappa shape index (κ2) is 6.93. The first-order chi connectivity index (χ1) is 9.58. The van der Waals surface area contributed by atoms with E-state index in [1.807, 2.05) is 18.2 Å². The van der Waals surface area contributed by atoms with Crippen molar-refractivity contribution in [2.24, 2.45) is 5.41 Å². The SMILES string of the molecule is CC(c1ccccc1Cl)N(C)CC1(CO)CCCCC1. The van der Waals surface area contributed by atoms with E-state index in [1.54, 1.807) is 0 Å². The van der Waals surface area contributed by atoms with Gasteiger partial charge in [-0.1, -0.05) is 49.1 Å². The summed E-state index contributed by atoms with van der Waals surface area (Å²) < 4.78 is 0. The van der Waals surface area contributed by atoms with Gasteiger partial charge in [0.2, 0.25) is 0 Å². The lowest BCUT2D eigenvalue weighted by molar-refractivity contribution is 0.0375. The first-order valence-electron chi connectivity index (χ1n) is 7.63. The minimum Gasteiger partial charge on any atom is -0.396 e. The van der Waals surface area contributed by atoms with E-state index in [2.05, 4.69) is 24.9 Å². The summed E-state index contributed by atoms with van der Waals surface area (Å²) in [5.41, 5.74) is 1.25. The predicted molar refractivity (Wildman–Crippen MR) is 85.1 cm³/mol. The number of hydrogen-bond acceptors (Lipinski definition) is 2. The molecule has 112 valence electrons. The molecule has 2 rings (SSSR count). The van der Waals surface area contributed by atoms with Crippen molar-refractivity contribution in [3.05, 3.63) is 34.9 Å². The van der Waals surface area contributed by atoms with Crippen LogP contribution in [0.15, 0.2) is 24.3 Å². The van der Waals surface area contributed by atoms with E-state index >= 15 is 0 Å². The van der Waals surface area contributed by atoms with Gasteiger partial charge in [-0.3, -0.25) is 4.90 Å². The van der Waals surface area contributed by atoms with Crippen molar-refractivity contribution in [3.63, 3.8) is 0 Å². The van der Waals surface area contributed by atoms with Crippen LogP contribution in [-0.4, -0.2) is 30.2 Å². The Labute approximate surface area is 127 Å². The molecule has 1 saturated carbocycles. The van der Waals surface area contributed by atoms with Gasteiger partial charge in [0.1, 0.15) is 0 Å². The molecule has 20 heavy (non-hydrogen) atoms. The zero-order valence-electron chi connectivity index (χ0n) is 12.6. The van der Waals surface area contributed by atoms with E-state index < -0.39 is 0 Å². The third-order valence-corrected chi connectivity index (χ3v) is 5.20. The molecule has 3 heteroatoms. The fourth-order valence-electron chi connectivity index (χ4n) is 3.39. The van der Waals surface area contributed by atoms with E-state index in [0.717, 1.165) is 24.4 Å². The summed E-state index contributed by atoms with van der Waals surface area (Å²) >= 11 is 6.30. The maximum absolute atomic E-state index is 9.84. The molecule has 1 unspecified atom stereocenters. The highest BCUT2D eigenvalue weighted by molar-refractivity contribution is 6.31. The summed E-state index contributed by atoms with van der Waals surface area (Å²) in [6.07, 6.45) is 6.08. The number of nitrogens with zero attached hydrogens (tertiary/aromatic N) is 1. The summed E-state index contributed by atoms with van der Waals surface area (Å²) in [7, 11) is 2.14. The maximum Gasteiger partial charge on any atom is 0.0499 e. The fourth-order valence-corrected chi connectivity index (χ4v) is 3.68. The fraction of sp³-hybridized carbons (Fsp3) is 0.647. The van der Waals surface area contributed by atoms with Gasteiger partial charge in [0.25, 0.3) is 0 Å². The highest BCUT2D eigenvalue weighted by Gasteiger charge is 2.33. The zero-order valence-corrected chi connectivity index (χ0v) is 13.4. The third kappa shape index (κ3) is 3.55. The van der Waals surface area contributed by atoms with E-state index in [4.69, 9.17) is 11.6 Å². The van der Waals surface area contributed by atoms with Crippen LogP contribution in [0.25, 0.3) is 0 Å². The molecule has 0 spiro atoms. The molecule has 1 aromatic carbocycles. The Balaban J connectivity index is 2.07. The molecular weight excluding hydrogens is 270 g/mol. The van der Waals surface area contributed by atoms with Gasteiger partial charge in [0.05, 0.1) is 0 Å². The Morgan fingerprint density at radius 3 is 2.50 bits per heavy atom. The number of benzene rings is 1. The van der Waals surface area contributed by atoms with Gasteiger partial charge in [-0.05, 0) is 38.4 Å². The van der Waals surface area contributed by atoms with Crippen LogP contribution in [0.5, 0.6) is 0 Å². The van der Waals surface area contributed by atoms with Crippen LogP contribution in [0.2, 0.25) is 5.02 Å². The van der Waals surface area contributed by atoms with Gasteiger partial charge in [0.15, 0.2) is 0 Å². The molecule has 1 N–H and O–H groups in total. The van der Waals surface area contributed by atoms with Crippen molar-refractivity contribution in [2.75, 3.05) is 20.2 Å². The van der Waals surface area contributed by atoms with Gasteiger partial charge < -0.3 is 5.11 Å². The second-order valence-electron chi connectivity index (χ2n) is 6.33. The Morgan fingerprint density at radius 1 is 1.25 bits per heavy atom. The first kappa shape index (κ1) is 15.8. The van der Waals surface area contributed by atoms with Crippen molar-refractivity contribution < 1.29 is 5.11 Å². The van der Waals surface area contributed by atoms with E-state index in [-0.39, 0.29) is 11.5 Å². The number of halogens is 1. The number of aliphatic hydroxyl groups is 1. The highest BCUT2D eigenvalue weighted by Crippen LogP contribution is 2.38. The summed E-state index contributed by atoms with van der Waals surface area (Å²) in [6, 6.07) is 8.32. The van der Waals surface area contributed by atoms with Gasteiger partial charge in [-0.25, -0.2) is 0 Å². The summed E-state index contributed by atoms with van der Waals surface area (Å²) in [5, 5.41) is 10.7. The minimum atomic E-state index is 0.0858. The topological polar surface area (TPSA) is 23.5 Å². The normalized spacial score (nSPS) is 20.1. The van der Waals surface area contributed by atoms with Crippen molar-refractivity contribution in [1.29, 1.82) is 0 Å². The van der Waals surface area contributed by atoms with Gasteiger partial charge in [-0.15, -0.1) is 0 Å². The molecule has 0 aromatic heterocycles. The summed E-state index contributed by atoms with van der Waals surface area (Å²) in [4.78, 5) is 2.34. The molecule has 0 bridgehead atoms. The lowest BCUT2D eigenvalue weighted by Gasteiger charge is -2.40. The maximum atomic E-state index is 9.84. The molecule has 0 heterocycles. The highest BCUT2D eigenvalue weighted by atomic mass is 35.5. The van der Waals surface area contributed by atoms with E-state index in [9.17, 15) is 5.11 Å². The van der Waals surface area contributed by atoms with Crippen LogP contribution in [0.4, 0.5) is 0 Å². The molecule has 1 aliphatic carbocycles. The Bertz CT molecular complexity index is 429. The molecule has 1 atom stereocenters. The smallest absolute Gasteiger partial charge is 0.0499 e. The van der Waals surface area contributed by atoms with E-state index in [0.29, 0.717) is 6.61 Å². The lowest BCUT2D eigenvalue weighted by atomic mass is 9.74. The average molecular weight is 296 g/mol. The van der Waals surface area contributed by atoms with Crippen molar-refractivity contribution in [2.45, 2.75) is 45.1 Å². The van der Waals surface area contributed by atoms with Crippen LogP contribution in [0.1, 0.15) is 50.6 Å². The molecule has 0 radical (unpaired) electrons. The molecule has 0 saturated heterocycles. The molecule has 1 aliphatic rings. The summed E-state index contributed by atoms with van der Waals surface area (Å²) in [5.74, 6) is 0. The lowest BCUT2D eigenvalue weighted by Crippen LogP contribution is -2.41. The molecule has 0 aliphatic heterocycles.